The quantitative estimate of drug-likeness (QED) is 0.906. The smallest absolute Gasteiger partial charge is 0.270 e. The van der Waals surface area contributed by atoms with Gasteiger partial charge in [-0.25, -0.2) is 0 Å². The third kappa shape index (κ3) is 2.32. The van der Waals surface area contributed by atoms with Crippen molar-refractivity contribution in [2.45, 2.75) is 26.4 Å². The highest BCUT2D eigenvalue weighted by Crippen LogP contribution is 2.32. The van der Waals surface area contributed by atoms with Gasteiger partial charge in [0.05, 0.1) is 5.69 Å². The Bertz CT molecular complexity index is 504. The van der Waals surface area contributed by atoms with Gasteiger partial charge in [-0.1, -0.05) is 5.16 Å². The molecule has 2 N–H and O–H groups in total. The van der Waals surface area contributed by atoms with Gasteiger partial charge in [0, 0.05) is 6.61 Å². The van der Waals surface area contributed by atoms with Crippen molar-refractivity contribution in [3.63, 3.8) is 0 Å². The van der Waals surface area contributed by atoms with Gasteiger partial charge in [-0.05, 0) is 32.2 Å². The Labute approximate surface area is 104 Å². The van der Waals surface area contributed by atoms with Crippen LogP contribution in [0.2, 0.25) is 0 Å². The number of aromatic nitrogens is 2. The highest BCUT2D eigenvalue weighted by atomic mass is 32.1. The average molecular weight is 253 g/mol. The zero-order valence-electron chi connectivity index (χ0n) is 10.1. The predicted molar refractivity (Wildman–Crippen MR) is 66.7 cm³/mol. The largest absolute Gasteiger partial charge is 0.397 e. The van der Waals surface area contributed by atoms with Crippen LogP contribution >= 0.6 is 11.3 Å². The second-order valence-electron chi connectivity index (χ2n) is 4.07. The molecule has 0 atom stereocenters. The SMILES string of the molecule is CCOC(C)(C)c1noc(-c2sccc2N)n1. The van der Waals surface area contributed by atoms with Gasteiger partial charge >= 0.3 is 0 Å². The summed E-state index contributed by atoms with van der Waals surface area (Å²) in [6.07, 6.45) is 0. The maximum atomic E-state index is 5.80. The third-order valence-electron chi connectivity index (χ3n) is 2.36. The lowest BCUT2D eigenvalue weighted by atomic mass is 10.1. The molecule has 2 rings (SSSR count). The van der Waals surface area contributed by atoms with Crippen LogP contribution in [-0.4, -0.2) is 16.7 Å². The van der Waals surface area contributed by atoms with Crippen molar-refractivity contribution < 1.29 is 9.26 Å². The molecule has 6 heteroatoms. The van der Waals surface area contributed by atoms with Crippen LogP contribution < -0.4 is 5.73 Å². The predicted octanol–water partition coefficient (Wildman–Crippen LogP) is 2.65. The Hall–Kier alpha value is -1.40. The molecule has 5 nitrogen and oxygen atoms in total. The lowest BCUT2D eigenvalue weighted by molar-refractivity contribution is -0.0221. The minimum Gasteiger partial charge on any atom is -0.397 e. The van der Waals surface area contributed by atoms with E-state index in [1.165, 1.54) is 11.3 Å². The summed E-state index contributed by atoms with van der Waals surface area (Å²) >= 11 is 1.48. The summed E-state index contributed by atoms with van der Waals surface area (Å²) in [6.45, 7) is 6.34. The van der Waals surface area contributed by atoms with Crippen molar-refractivity contribution in [3.05, 3.63) is 17.3 Å². The zero-order chi connectivity index (χ0) is 12.5. The number of nitrogens with zero attached hydrogens (tertiary/aromatic N) is 2. The van der Waals surface area contributed by atoms with Crippen molar-refractivity contribution in [2.24, 2.45) is 0 Å². The molecule has 0 spiro atoms. The van der Waals surface area contributed by atoms with Crippen LogP contribution in [0.3, 0.4) is 0 Å². The van der Waals surface area contributed by atoms with E-state index in [1.807, 2.05) is 32.2 Å². The first-order valence-electron chi connectivity index (χ1n) is 5.36. The standard InChI is InChI=1S/C11H15N3O2S/c1-4-15-11(2,3)10-13-9(16-14-10)8-7(12)5-6-17-8/h5-6H,4,12H2,1-3H3. The summed E-state index contributed by atoms with van der Waals surface area (Å²) in [5.74, 6) is 0.974. The van der Waals surface area contributed by atoms with Gasteiger partial charge in [0.1, 0.15) is 10.5 Å². The van der Waals surface area contributed by atoms with Crippen LogP contribution in [0.1, 0.15) is 26.6 Å². The molecule has 0 aliphatic rings. The second kappa shape index (κ2) is 4.46. The first kappa shape index (κ1) is 12.1. The number of hydrogen-bond donors (Lipinski definition) is 1. The molecule has 0 aliphatic heterocycles. The van der Waals surface area contributed by atoms with Gasteiger partial charge in [-0.15, -0.1) is 11.3 Å². The topological polar surface area (TPSA) is 74.2 Å². The number of rotatable bonds is 4. The summed E-state index contributed by atoms with van der Waals surface area (Å²) in [5.41, 5.74) is 5.90. The van der Waals surface area contributed by atoms with E-state index < -0.39 is 5.60 Å². The fraction of sp³-hybridized carbons (Fsp3) is 0.455. The first-order valence-corrected chi connectivity index (χ1v) is 6.24. The third-order valence-corrected chi connectivity index (χ3v) is 3.28. The summed E-state index contributed by atoms with van der Waals surface area (Å²) in [5, 5.41) is 5.83. The molecule has 0 aliphatic carbocycles. The van der Waals surface area contributed by atoms with E-state index in [2.05, 4.69) is 10.1 Å². The van der Waals surface area contributed by atoms with Gasteiger partial charge < -0.3 is 15.0 Å². The van der Waals surface area contributed by atoms with Gasteiger partial charge in [-0.2, -0.15) is 4.98 Å². The fourth-order valence-electron chi connectivity index (χ4n) is 1.48. The number of ether oxygens (including phenoxy) is 1. The number of thiophene rings is 1. The van der Waals surface area contributed by atoms with Crippen LogP contribution in [-0.2, 0) is 10.3 Å². The van der Waals surface area contributed by atoms with Crippen molar-refractivity contribution in [3.8, 4) is 10.8 Å². The van der Waals surface area contributed by atoms with E-state index in [4.69, 9.17) is 15.0 Å². The van der Waals surface area contributed by atoms with Gasteiger partial charge in [-0.3, -0.25) is 0 Å². The molecule has 0 saturated heterocycles. The summed E-state index contributed by atoms with van der Waals surface area (Å²) in [4.78, 5) is 5.13. The van der Waals surface area contributed by atoms with E-state index in [-0.39, 0.29) is 0 Å². The normalized spacial score (nSPS) is 11.9. The molecule has 92 valence electrons. The van der Waals surface area contributed by atoms with Gasteiger partial charge in [0.25, 0.3) is 5.89 Å². The molecule has 0 bridgehead atoms. The van der Waals surface area contributed by atoms with Gasteiger partial charge in [0.15, 0.2) is 0 Å². The monoisotopic (exact) mass is 253 g/mol. The molecule has 0 radical (unpaired) electrons. The second-order valence-corrected chi connectivity index (χ2v) is 4.99. The zero-order valence-corrected chi connectivity index (χ0v) is 10.9. The van der Waals surface area contributed by atoms with Crippen LogP contribution in [0, 0.1) is 0 Å². The maximum Gasteiger partial charge on any atom is 0.270 e. The molecule has 0 amide bonds. The van der Waals surface area contributed by atoms with Crippen molar-refractivity contribution in [1.29, 1.82) is 0 Å². The van der Waals surface area contributed by atoms with E-state index >= 15 is 0 Å². The lowest BCUT2D eigenvalue weighted by Gasteiger charge is -2.19. The van der Waals surface area contributed by atoms with E-state index in [9.17, 15) is 0 Å². The highest BCUT2D eigenvalue weighted by Gasteiger charge is 2.28. The summed E-state index contributed by atoms with van der Waals surface area (Å²) in [7, 11) is 0. The van der Waals surface area contributed by atoms with E-state index in [1.54, 1.807) is 0 Å². The van der Waals surface area contributed by atoms with Crippen molar-refractivity contribution >= 4 is 17.0 Å². The van der Waals surface area contributed by atoms with Crippen LogP contribution in [0.5, 0.6) is 0 Å². The number of hydrogen-bond acceptors (Lipinski definition) is 6. The summed E-state index contributed by atoms with van der Waals surface area (Å²) in [6, 6.07) is 1.82. The number of nitrogens with two attached hydrogens (primary N) is 1. The Kier molecular flexibility index (Phi) is 3.17. The minimum absolute atomic E-state index is 0.445. The van der Waals surface area contributed by atoms with E-state index in [0.29, 0.717) is 24.0 Å². The molecule has 17 heavy (non-hydrogen) atoms. The molecule has 0 saturated carbocycles. The lowest BCUT2D eigenvalue weighted by Crippen LogP contribution is -2.23. The van der Waals surface area contributed by atoms with Crippen molar-refractivity contribution in [1.82, 2.24) is 10.1 Å². The fourth-order valence-corrected chi connectivity index (χ4v) is 2.22. The maximum absolute atomic E-state index is 5.80. The van der Waals surface area contributed by atoms with Gasteiger partial charge in [0.2, 0.25) is 5.82 Å². The molecule has 0 aromatic carbocycles. The molecular weight excluding hydrogens is 238 g/mol. The summed E-state index contributed by atoms with van der Waals surface area (Å²) < 4.78 is 10.8. The Morgan fingerprint density at radius 1 is 1.53 bits per heavy atom. The first-order chi connectivity index (χ1) is 8.04. The highest BCUT2D eigenvalue weighted by molar-refractivity contribution is 7.14. The van der Waals surface area contributed by atoms with Crippen LogP contribution in [0.15, 0.2) is 16.0 Å². The van der Waals surface area contributed by atoms with Crippen LogP contribution in [0.4, 0.5) is 5.69 Å². The molecule has 0 fully saturated rings. The minimum atomic E-state index is -0.553. The molecule has 0 unspecified atom stereocenters. The van der Waals surface area contributed by atoms with E-state index in [0.717, 1.165) is 4.88 Å². The number of anilines is 1. The molecule has 2 aromatic heterocycles. The Balaban J connectivity index is 2.31. The van der Waals surface area contributed by atoms with Crippen LogP contribution in [0.25, 0.3) is 10.8 Å². The Morgan fingerprint density at radius 2 is 2.29 bits per heavy atom. The average Bonchev–Trinajstić information content (AvgIpc) is 2.85. The molecular formula is C11H15N3O2S. The number of nitrogen functional groups attached to an aromatic ring is 1. The molecule has 2 heterocycles. The van der Waals surface area contributed by atoms with Crippen molar-refractivity contribution in [2.75, 3.05) is 12.3 Å². The molecule has 2 aromatic rings. The Morgan fingerprint density at radius 3 is 2.88 bits per heavy atom.